The topological polar surface area (TPSA) is 67.6 Å². The highest BCUT2D eigenvalue weighted by molar-refractivity contribution is 5.57. The molecule has 0 bridgehead atoms. The summed E-state index contributed by atoms with van der Waals surface area (Å²) >= 11 is 0. The number of nitrogens with one attached hydrogen (secondary N) is 1. The fourth-order valence-electron chi connectivity index (χ4n) is 2.05. The van der Waals surface area contributed by atoms with Crippen molar-refractivity contribution in [2.24, 2.45) is 5.73 Å². The summed E-state index contributed by atoms with van der Waals surface area (Å²) in [6, 6.07) is 3.00. The number of nitrogens with zero attached hydrogens (tertiary/aromatic N) is 2. The lowest BCUT2D eigenvalue weighted by Gasteiger charge is -2.23. The molecule has 0 radical (unpaired) electrons. The Morgan fingerprint density at radius 3 is 2.53 bits per heavy atom. The van der Waals surface area contributed by atoms with Gasteiger partial charge in [0.15, 0.2) is 0 Å². The summed E-state index contributed by atoms with van der Waals surface area (Å²) < 4.78 is 12.9. The molecule has 0 aliphatic heterocycles. The van der Waals surface area contributed by atoms with Gasteiger partial charge in [-0.3, -0.25) is 4.98 Å². The Hall–Kier alpha value is -1.75. The zero-order valence-electron chi connectivity index (χ0n) is 11.5. The van der Waals surface area contributed by atoms with E-state index in [1.165, 1.54) is 12.3 Å². The van der Waals surface area contributed by atoms with Crippen LogP contribution in [0.1, 0.15) is 38.2 Å². The van der Waals surface area contributed by atoms with E-state index in [1.54, 1.807) is 6.07 Å². The lowest BCUT2D eigenvalue weighted by atomic mass is 9.93. The lowest BCUT2D eigenvalue weighted by Crippen LogP contribution is -2.36. The second kappa shape index (κ2) is 5.09. The Morgan fingerprint density at radius 1 is 1.32 bits per heavy atom. The van der Waals surface area contributed by atoms with Gasteiger partial charge in [-0.2, -0.15) is 0 Å². The Morgan fingerprint density at radius 2 is 2.00 bits per heavy atom. The van der Waals surface area contributed by atoms with Crippen LogP contribution in [0.2, 0.25) is 0 Å². The van der Waals surface area contributed by atoms with Crippen LogP contribution in [-0.2, 0) is 5.54 Å². The number of H-pyrrole nitrogens is 1. The van der Waals surface area contributed by atoms with Crippen LogP contribution >= 0.6 is 0 Å². The minimum atomic E-state index is -0.455. The van der Waals surface area contributed by atoms with Crippen molar-refractivity contribution in [3.63, 3.8) is 0 Å². The van der Waals surface area contributed by atoms with Crippen LogP contribution in [0.3, 0.4) is 0 Å². The summed E-state index contributed by atoms with van der Waals surface area (Å²) in [6.07, 6.45) is 2.79. The molecule has 4 nitrogen and oxygen atoms in total. The van der Waals surface area contributed by atoms with Crippen LogP contribution in [0, 0.1) is 12.7 Å². The number of rotatable bonds is 4. The van der Waals surface area contributed by atoms with Crippen LogP contribution in [-0.4, -0.2) is 15.0 Å². The van der Waals surface area contributed by atoms with E-state index in [4.69, 9.17) is 5.73 Å². The van der Waals surface area contributed by atoms with E-state index in [0.29, 0.717) is 5.69 Å². The highest BCUT2D eigenvalue weighted by Crippen LogP contribution is 2.27. The van der Waals surface area contributed by atoms with Gasteiger partial charge in [0.05, 0.1) is 17.4 Å². The molecule has 0 atom stereocenters. The van der Waals surface area contributed by atoms with Crippen LogP contribution in [0.15, 0.2) is 18.3 Å². The molecule has 0 aliphatic rings. The van der Waals surface area contributed by atoms with E-state index in [1.807, 2.05) is 20.8 Å². The number of aryl methyl sites for hydroxylation is 1. The summed E-state index contributed by atoms with van der Waals surface area (Å²) in [5, 5.41) is 0. The number of hydrogen-bond acceptors (Lipinski definition) is 3. The second-order valence-electron chi connectivity index (χ2n) is 4.78. The van der Waals surface area contributed by atoms with Gasteiger partial charge in [0.1, 0.15) is 17.3 Å². The van der Waals surface area contributed by atoms with Gasteiger partial charge < -0.3 is 10.7 Å². The molecular weight excluding hydrogens is 243 g/mol. The van der Waals surface area contributed by atoms with Crippen molar-refractivity contribution >= 4 is 0 Å². The molecule has 0 saturated heterocycles. The first-order valence-electron chi connectivity index (χ1n) is 6.48. The predicted octanol–water partition coefficient (Wildman–Crippen LogP) is 2.89. The third kappa shape index (κ3) is 2.51. The summed E-state index contributed by atoms with van der Waals surface area (Å²) in [4.78, 5) is 11.8. The minimum Gasteiger partial charge on any atom is -0.344 e. The van der Waals surface area contributed by atoms with Crippen molar-refractivity contribution in [2.45, 2.75) is 39.2 Å². The third-order valence-corrected chi connectivity index (χ3v) is 3.59. The van der Waals surface area contributed by atoms with Gasteiger partial charge >= 0.3 is 0 Å². The van der Waals surface area contributed by atoms with Gasteiger partial charge in [0, 0.05) is 5.69 Å². The first-order chi connectivity index (χ1) is 9.00. The number of pyridine rings is 1. The molecule has 0 saturated carbocycles. The van der Waals surface area contributed by atoms with Gasteiger partial charge in [-0.15, -0.1) is 0 Å². The van der Waals surface area contributed by atoms with E-state index in [0.717, 1.165) is 30.1 Å². The number of nitrogens with two attached hydrogens (primary N) is 1. The molecule has 0 aliphatic carbocycles. The SMILES string of the molecule is CCC(N)(CC)c1nc(-c2ccc(F)cn2)c(C)[nH]1. The molecule has 102 valence electrons. The van der Waals surface area contributed by atoms with Crippen LogP contribution in [0.4, 0.5) is 4.39 Å². The predicted molar refractivity (Wildman–Crippen MR) is 73.0 cm³/mol. The Balaban J connectivity index is 2.44. The van der Waals surface area contributed by atoms with Gasteiger partial charge in [-0.1, -0.05) is 13.8 Å². The van der Waals surface area contributed by atoms with Crippen LogP contribution in [0.5, 0.6) is 0 Å². The third-order valence-electron chi connectivity index (χ3n) is 3.59. The minimum absolute atomic E-state index is 0.354. The first kappa shape index (κ1) is 13.7. The zero-order valence-corrected chi connectivity index (χ0v) is 11.5. The Kier molecular flexibility index (Phi) is 3.66. The van der Waals surface area contributed by atoms with E-state index in [2.05, 4.69) is 15.0 Å². The molecule has 0 aromatic carbocycles. The van der Waals surface area contributed by atoms with Crippen molar-refractivity contribution in [1.29, 1.82) is 0 Å². The first-order valence-corrected chi connectivity index (χ1v) is 6.48. The van der Waals surface area contributed by atoms with E-state index in [9.17, 15) is 4.39 Å². The molecule has 0 fully saturated rings. The van der Waals surface area contributed by atoms with Crippen molar-refractivity contribution in [3.05, 3.63) is 35.7 Å². The number of aromatic amines is 1. The second-order valence-corrected chi connectivity index (χ2v) is 4.78. The van der Waals surface area contributed by atoms with Crippen molar-refractivity contribution in [2.75, 3.05) is 0 Å². The van der Waals surface area contributed by atoms with Crippen LogP contribution < -0.4 is 5.73 Å². The Labute approximate surface area is 112 Å². The molecule has 0 amide bonds. The van der Waals surface area contributed by atoms with Gasteiger partial charge in [-0.25, -0.2) is 9.37 Å². The van der Waals surface area contributed by atoms with Crippen molar-refractivity contribution in [1.82, 2.24) is 15.0 Å². The number of imidazole rings is 1. The highest BCUT2D eigenvalue weighted by Gasteiger charge is 2.27. The maximum Gasteiger partial charge on any atom is 0.141 e. The molecule has 5 heteroatoms. The molecular formula is C14H19FN4. The van der Waals surface area contributed by atoms with Gasteiger partial charge in [-0.05, 0) is 31.9 Å². The molecule has 2 rings (SSSR count). The van der Waals surface area contributed by atoms with Gasteiger partial charge in [0.2, 0.25) is 0 Å². The number of aromatic nitrogens is 3. The van der Waals surface area contributed by atoms with Gasteiger partial charge in [0.25, 0.3) is 0 Å². The fourth-order valence-corrected chi connectivity index (χ4v) is 2.05. The Bertz CT molecular complexity index is 555. The molecule has 0 unspecified atom stereocenters. The molecule has 2 heterocycles. The average Bonchev–Trinajstić information content (AvgIpc) is 2.81. The molecule has 3 N–H and O–H groups in total. The summed E-state index contributed by atoms with van der Waals surface area (Å²) in [7, 11) is 0. The molecule has 2 aromatic heterocycles. The van der Waals surface area contributed by atoms with E-state index >= 15 is 0 Å². The lowest BCUT2D eigenvalue weighted by molar-refractivity contribution is 0.390. The van der Waals surface area contributed by atoms with Crippen molar-refractivity contribution in [3.8, 4) is 11.4 Å². The maximum absolute atomic E-state index is 12.9. The van der Waals surface area contributed by atoms with E-state index in [-0.39, 0.29) is 5.82 Å². The smallest absolute Gasteiger partial charge is 0.141 e. The summed E-state index contributed by atoms with van der Waals surface area (Å²) in [5.41, 5.74) is 8.14. The quantitative estimate of drug-likeness (QED) is 0.890. The standard InChI is InChI=1S/C14H19FN4/c1-4-14(16,5-2)13-18-9(3)12(19-13)11-7-6-10(15)8-17-11/h6-8H,4-5,16H2,1-3H3,(H,18,19). The summed E-state index contributed by atoms with van der Waals surface area (Å²) in [5.74, 6) is 0.406. The van der Waals surface area contributed by atoms with Crippen molar-refractivity contribution < 1.29 is 4.39 Å². The highest BCUT2D eigenvalue weighted by atomic mass is 19.1. The number of hydrogen-bond donors (Lipinski definition) is 2. The average molecular weight is 262 g/mol. The summed E-state index contributed by atoms with van der Waals surface area (Å²) in [6.45, 7) is 6.00. The molecule has 19 heavy (non-hydrogen) atoms. The molecule has 2 aromatic rings. The van der Waals surface area contributed by atoms with Crippen LogP contribution in [0.25, 0.3) is 11.4 Å². The monoisotopic (exact) mass is 262 g/mol. The normalized spacial score (nSPS) is 11.8. The zero-order chi connectivity index (χ0) is 14.0. The fraction of sp³-hybridized carbons (Fsp3) is 0.429. The van der Waals surface area contributed by atoms with E-state index < -0.39 is 5.54 Å². The molecule has 0 spiro atoms. The maximum atomic E-state index is 12.9. The largest absolute Gasteiger partial charge is 0.344 e. The number of halogens is 1.